The topological polar surface area (TPSA) is 38.3 Å². The number of ether oxygens (including phenoxy) is 1. The fourth-order valence-electron chi connectivity index (χ4n) is 3.09. The molecule has 0 aliphatic carbocycles. The summed E-state index contributed by atoms with van der Waals surface area (Å²) in [6.07, 6.45) is -0.596. The summed E-state index contributed by atoms with van der Waals surface area (Å²) >= 11 is 0. The van der Waals surface area contributed by atoms with Gasteiger partial charge in [-0.3, -0.25) is 4.79 Å². The number of rotatable bonds is 6. The average Bonchev–Trinajstić information content (AvgIpc) is 2.69. The Morgan fingerprint density at radius 1 is 0.815 bits per heavy atom. The first kappa shape index (κ1) is 18.7. The fourth-order valence-corrected chi connectivity index (χ4v) is 3.09. The average molecular weight is 359 g/mol. The number of nitrogens with one attached hydrogen (secondary N) is 1. The van der Waals surface area contributed by atoms with E-state index in [1.165, 1.54) is 0 Å². The molecular weight excluding hydrogens is 334 g/mol. The highest BCUT2D eigenvalue weighted by Gasteiger charge is 2.23. The Balaban J connectivity index is 1.83. The molecule has 3 rings (SSSR count). The second-order valence-corrected chi connectivity index (χ2v) is 6.73. The predicted molar refractivity (Wildman–Crippen MR) is 109 cm³/mol. The Bertz CT molecular complexity index is 905. The Kier molecular flexibility index (Phi) is 5.92. The quantitative estimate of drug-likeness (QED) is 0.674. The third kappa shape index (κ3) is 4.56. The number of hydrogen-bond donors (Lipinski definition) is 1. The van der Waals surface area contributed by atoms with Crippen molar-refractivity contribution >= 4 is 5.91 Å². The molecule has 0 spiro atoms. The van der Waals surface area contributed by atoms with E-state index in [4.69, 9.17) is 4.74 Å². The zero-order valence-corrected chi connectivity index (χ0v) is 16.0. The lowest BCUT2D eigenvalue weighted by Gasteiger charge is -2.24. The van der Waals surface area contributed by atoms with E-state index in [9.17, 15) is 4.79 Å². The number of hydrogen-bond acceptors (Lipinski definition) is 2. The molecule has 0 aromatic heterocycles. The molecule has 0 aliphatic rings. The first-order valence-corrected chi connectivity index (χ1v) is 9.19. The van der Waals surface area contributed by atoms with Gasteiger partial charge in [0, 0.05) is 0 Å². The molecule has 3 nitrogen and oxygen atoms in total. The molecule has 0 bridgehead atoms. The number of carbonyl (C=O) groups is 1. The van der Waals surface area contributed by atoms with Crippen molar-refractivity contribution < 1.29 is 9.53 Å². The van der Waals surface area contributed by atoms with Crippen LogP contribution in [0.2, 0.25) is 0 Å². The third-order valence-electron chi connectivity index (χ3n) is 4.69. The lowest BCUT2D eigenvalue weighted by atomic mass is 9.95. The van der Waals surface area contributed by atoms with Crippen molar-refractivity contribution in [3.8, 4) is 5.75 Å². The maximum atomic E-state index is 12.9. The van der Waals surface area contributed by atoms with Gasteiger partial charge in [0.25, 0.3) is 5.91 Å². The molecule has 0 aliphatic heterocycles. The molecule has 3 heteroatoms. The highest BCUT2D eigenvalue weighted by Crippen LogP contribution is 2.25. The van der Waals surface area contributed by atoms with Gasteiger partial charge in [-0.15, -0.1) is 0 Å². The maximum absolute atomic E-state index is 12.9. The normalized spacial score (nSPS) is 12.9. The number of amides is 1. The largest absolute Gasteiger partial charge is 0.481 e. The van der Waals surface area contributed by atoms with Crippen LogP contribution in [-0.4, -0.2) is 12.0 Å². The molecule has 138 valence electrons. The fraction of sp³-hybridized carbons (Fsp3) is 0.208. The van der Waals surface area contributed by atoms with Crippen molar-refractivity contribution in [2.45, 2.75) is 32.9 Å². The van der Waals surface area contributed by atoms with Crippen LogP contribution in [0.4, 0.5) is 0 Å². The minimum absolute atomic E-state index is 0.143. The smallest absolute Gasteiger partial charge is 0.261 e. The van der Waals surface area contributed by atoms with Crippen LogP contribution in [0.5, 0.6) is 5.75 Å². The summed E-state index contributed by atoms with van der Waals surface area (Å²) in [4.78, 5) is 12.9. The summed E-state index contributed by atoms with van der Waals surface area (Å²) in [5.41, 5.74) is 4.28. The van der Waals surface area contributed by atoms with Crippen LogP contribution >= 0.6 is 0 Å². The molecule has 27 heavy (non-hydrogen) atoms. The van der Waals surface area contributed by atoms with Crippen LogP contribution < -0.4 is 10.1 Å². The van der Waals surface area contributed by atoms with Crippen molar-refractivity contribution in [1.82, 2.24) is 5.32 Å². The van der Waals surface area contributed by atoms with E-state index in [1.807, 2.05) is 73.7 Å². The van der Waals surface area contributed by atoms with Crippen LogP contribution in [-0.2, 0) is 4.79 Å². The SMILES string of the molecule is Cc1ccccc1OC(C)C(=O)NC(c1ccccc1)c1ccccc1C. The predicted octanol–water partition coefficient (Wildman–Crippen LogP) is 4.98. The first-order valence-electron chi connectivity index (χ1n) is 9.19. The molecule has 2 atom stereocenters. The first-order chi connectivity index (χ1) is 13.1. The van der Waals surface area contributed by atoms with Crippen molar-refractivity contribution in [2.75, 3.05) is 0 Å². The molecular formula is C24H25NO2. The Labute approximate surface area is 161 Å². The maximum Gasteiger partial charge on any atom is 0.261 e. The van der Waals surface area contributed by atoms with Crippen molar-refractivity contribution in [3.63, 3.8) is 0 Å². The van der Waals surface area contributed by atoms with Gasteiger partial charge in [0.05, 0.1) is 6.04 Å². The van der Waals surface area contributed by atoms with Crippen molar-refractivity contribution in [2.24, 2.45) is 0 Å². The summed E-state index contributed by atoms with van der Waals surface area (Å²) in [5.74, 6) is 0.586. The molecule has 3 aromatic carbocycles. The lowest BCUT2D eigenvalue weighted by Crippen LogP contribution is -2.39. The number of aryl methyl sites for hydroxylation is 2. The number of carbonyl (C=O) groups excluding carboxylic acids is 1. The third-order valence-corrected chi connectivity index (χ3v) is 4.69. The van der Waals surface area contributed by atoms with E-state index in [0.29, 0.717) is 0 Å². The van der Waals surface area contributed by atoms with E-state index in [1.54, 1.807) is 6.92 Å². The molecule has 0 radical (unpaired) electrons. The van der Waals surface area contributed by atoms with Crippen LogP contribution in [0.1, 0.15) is 35.2 Å². The number of benzene rings is 3. The summed E-state index contributed by atoms with van der Waals surface area (Å²) in [7, 11) is 0. The minimum atomic E-state index is -0.596. The van der Waals surface area contributed by atoms with Gasteiger partial charge in [-0.05, 0) is 49.1 Å². The van der Waals surface area contributed by atoms with Crippen molar-refractivity contribution in [1.29, 1.82) is 0 Å². The Hall–Kier alpha value is -3.07. The van der Waals surface area contributed by atoms with Gasteiger partial charge in [0.1, 0.15) is 5.75 Å². The van der Waals surface area contributed by atoms with Gasteiger partial charge >= 0.3 is 0 Å². The lowest BCUT2D eigenvalue weighted by molar-refractivity contribution is -0.127. The van der Waals surface area contributed by atoms with E-state index in [2.05, 4.69) is 24.4 Å². The van der Waals surface area contributed by atoms with E-state index in [-0.39, 0.29) is 11.9 Å². The van der Waals surface area contributed by atoms with Gasteiger partial charge in [-0.2, -0.15) is 0 Å². The monoisotopic (exact) mass is 359 g/mol. The molecule has 1 amide bonds. The zero-order valence-electron chi connectivity index (χ0n) is 16.0. The Morgan fingerprint density at radius 2 is 1.41 bits per heavy atom. The molecule has 1 N–H and O–H groups in total. The van der Waals surface area contributed by atoms with E-state index >= 15 is 0 Å². The van der Waals surface area contributed by atoms with E-state index in [0.717, 1.165) is 28.0 Å². The molecule has 0 saturated carbocycles. The molecule has 3 aromatic rings. The van der Waals surface area contributed by atoms with E-state index < -0.39 is 6.10 Å². The van der Waals surface area contributed by atoms with Crippen LogP contribution in [0.15, 0.2) is 78.9 Å². The highest BCUT2D eigenvalue weighted by atomic mass is 16.5. The van der Waals surface area contributed by atoms with Gasteiger partial charge < -0.3 is 10.1 Å². The standard InChI is InChI=1S/C24H25NO2/c1-17-11-7-9-15-21(17)23(20-13-5-4-6-14-20)25-24(26)19(3)27-22-16-10-8-12-18(22)2/h4-16,19,23H,1-3H3,(H,25,26). The van der Waals surface area contributed by atoms with Crippen LogP contribution in [0.3, 0.4) is 0 Å². The van der Waals surface area contributed by atoms with Crippen LogP contribution in [0.25, 0.3) is 0 Å². The zero-order chi connectivity index (χ0) is 19.2. The summed E-state index contributed by atoms with van der Waals surface area (Å²) in [6, 6.07) is 25.6. The summed E-state index contributed by atoms with van der Waals surface area (Å²) in [5, 5.41) is 3.17. The van der Waals surface area contributed by atoms with Gasteiger partial charge in [-0.25, -0.2) is 0 Å². The molecule has 0 fully saturated rings. The highest BCUT2D eigenvalue weighted by molar-refractivity contribution is 5.81. The van der Waals surface area contributed by atoms with Crippen LogP contribution in [0, 0.1) is 13.8 Å². The summed E-state index contributed by atoms with van der Waals surface area (Å²) in [6.45, 7) is 5.81. The second-order valence-electron chi connectivity index (χ2n) is 6.73. The summed E-state index contributed by atoms with van der Waals surface area (Å²) < 4.78 is 5.90. The minimum Gasteiger partial charge on any atom is -0.481 e. The second kappa shape index (κ2) is 8.54. The Morgan fingerprint density at radius 3 is 2.07 bits per heavy atom. The molecule has 2 unspecified atom stereocenters. The van der Waals surface area contributed by atoms with Gasteiger partial charge in [0.2, 0.25) is 0 Å². The molecule has 0 heterocycles. The van der Waals surface area contributed by atoms with Crippen molar-refractivity contribution in [3.05, 3.63) is 101 Å². The number of para-hydroxylation sites is 1. The van der Waals surface area contributed by atoms with Gasteiger partial charge in [0.15, 0.2) is 6.10 Å². The molecule has 0 saturated heterocycles. The van der Waals surface area contributed by atoms with Gasteiger partial charge in [-0.1, -0.05) is 72.8 Å².